The van der Waals surface area contributed by atoms with Crippen LogP contribution in [0.1, 0.15) is 46.0 Å². The van der Waals surface area contributed by atoms with Gasteiger partial charge in [-0.15, -0.1) is 5.06 Å². The molecule has 1 heterocycles. The maximum atomic E-state index is 12.4. The fourth-order valence-corrected chi connectivity index (χ4v) is 3.37. The normalized spacial score (nSPS) is 13.7. The first kappa shape index (κ1) is 33.7. The van der Waals surface area contributed by atoms with Gasteiger partial charge in [-0.05, 0) is 25.1 Å². The van der Waals surface area contributed by atoms with Crippen molar-refractivity contribution in [1.82, 2.24) is 26.3 Å². The molecule has 1 aliphatic heterocycles. The summed E-state index contributed by atoms with van der Waals surface area (Å²) in [6.45, 7) is 4.82. The lowest BCUT2D eigenvalue weighted by Gasteiger charge is -2.20. The third-order valence-corrected chi connectivity index (χ3v) is 5.47. The molecule has 0 aromatic carbocycles. The number of nitrogens with zero attached hydrogens (tertiary/aromatic N) is 1. The number of hydroxylamine groups is 2. The Morgan fingerprint density at radius 1 is 0.949 bits per heavy atom. The molecular weight excluding hydrogens is 536 g/mol. The van der Waals surface area contributed by atoms with Crippen molar-refractivity contribution in [3.05, 3.63) is 0 Å². The van der Waals surface area contributed by atoms with E-state index < -0.39 is 35.8 Å². The molecule has 39 heavy (non-hydrogen) atoms. The van der Waals surface area contributed by atoms with E-state index in [1.54, 1.807) is 13.8 Å². The predicted octanol–water partition coefficient (Wildman–Crippen LogP) is -1.36. The summed E-state index contributed by atoms with van der Waals surface area (Å²) >= 11 is 5.12. The zero-order valence-electron chi connectivity index (χ0n) is 22.2. The van der Waals surface area contributed by atoms with Gasteiger partial charge >= 0.3 is 12.0 Å². The second kappa shape index (κ2) is 18.8. The van der Waals surface area contributed by atoms with Crippen LogP contribution in [-0.4, -0.2) is 97.8 Å². The number of nitrogens with two attached hydrogens (primary N) is 1. The molecule has 0 aromatic rings. The van der Waals surface area contributed by atoms with Crippen molar-refractivity contribution < 1.29 is 43.1 Å². The number of ether oxygens (including phenoxy) is 2. The molecule has 16 heteroatoms. The zero-order chi connectivity index (χ0) is 29.2. The summed E-state index contributed by atoms with van der Waals surface area (Å²) < 4.78 is 10.6. The molecule has 0 radical (unpaired) electrons. The van der Waals surface area contributed by atoms with Gasteiger partial charge in [-0.3, -0.25) is 19.2 Å². The van der Waals surface area contributed by atoms with Gasteiger partial charge in [0.2, 0.25) is 5.91 Å². The molecule has 5 amide bonds. The van der Waals surface area contributed by atoms with Crippen molar-refractivity contribution in [3.8, 4) is 0 Å². The first-order valence-electron chi connectivity index (χ1n) is 12.6. The molecule has 0 aliphatic carbocycles. The Kier molecular flexibility index (Phi) is 16.2. The summed E-state index contributed by atoms with van der Waals surface area (Å²) in [5.41, 5.74) is 5.02. The minimum Gasteiger partial charge on any atom is -0.378 e. The highest BCUT2D eigenvalue weighted by atomic mass is 32.1. The van der Waals surface area contributed by atoms with E-state index in [0.717, 1.165) is 0 Å². The van der Waals surface area contributed by atoms with Crippen LogP contribution in [0.25, 0.3) is 0 Å². The molecule has 1 atom stereocenters. The van der Waals surface area contributed by atoms with Gasteiger partial charge in [0.25, 0.3) is 11.8 Å². The molecule has 0 bridgehead atoms. The number of amides is 5. The topological polar surface area (TPSA) is 207 Å². The Morgan fingerprint density at radius 3 is 2.21 bits per heavy atom. The first-order valence-corrected chi connectivity index (χ1v) is 13.0. The number of imide groups is 1. The maximum Gasteiger partial charge on any atom is 0.335 e. The van der Waals surface area contributed by atoms with Crippen LogP contribution in [-0.2, 0) is 38.3 Å². The van der Waals surface area contributed by atoms with Gasteiger partial charge in [0.05, 0.1) is 45.4 Å². The molecule has 1 saturated heterocycles. The number of carbonyl (C=O) groups excluding carboxylic acids is 6. The van der Waals surface area contributed by atoms with Gasteiger partial charge in [-0.25, -0.2) is 9.59 Å². The maximum absolute atomic E-state index is 12.4. The highest BCUT2D eigenvalue weighted by Gasteiger charge is 2.32. The number of thiocarbonyl (C=S) groups is 1. The average molecular weight is 575 g/mol. The zero-order valence-corrected chi connectivity index (χ0v) is 23.1. The van der Waals surface area contributed by atoms with E-state index >= 15 is 0 Å². The van der Waals surface area contributed by atoms with Crippen LogP contribution < -0.4 is 27.0 Å². The van der Waals surface area contributed by atoms with Gasteiger partial charge in [0.1, 0.15) is 0 Å². The molecule has 0 saturated carbocycles. The van der Waals surface area contributed by atoms with Crippen LogP contribution in [0.5, 0.6) is 0 Å². The Bertz CT molecular complexity index is 870. The summed E-state index contributed by atoms with van der Waals surface area (Å²) in [5, 5.41) is 11.5. The summed E-state index contributed by atoms with van der Waals surface area (Å²) in [6.07, 6.45) is 0.779. The fraction of sp³-hybridized carbons (Fsp3) is 0.696. The Balaban J connectivity index is 2.10. The molecule has 6 N–H and O–H groups in total. The van der Waals surface area contributed by atoms with Crippen molar-refractivity contribution in [2.45, 2.75) is 52.0 Å². The number of carbonyl (C=O) groups is 6. The van der Waals surface area contributed by atoms with Crippen LogP contribution in [0.15, 0.2) is 0 Å². The van der Waals surface area contributed by atoms with Crippen LogP contribution in [0.3, 0.4) is 0 Å². The molecule has 1 aliphatic rings. The van der Waals surface area contributed by atoms with Gasteiger partial charge < -0.3 is 41.3 Å². The molecular formula is C23H38N6O9S. The molecule has 1 rings (SSSR count). The van der Waals surface area contributed by atoms with Gasteiger partial charge in [0.15, 0.2) is 10.9 Å². The third kappa shape index (κ3) is 15.0. The van der Waals surface area contributed by atoms with Crippen LogP contribution in [0, 0.1) is 5.92 Å². The largest absolute Gasteiger partial charge is 0.378 e. The van der Waals surface area contributed by atoms with E-state index in [0.29, 0.717) is 37.6 Å². The number of primary amides is 1. The summed E-state index contributed by atoms with van der Waals surface area (Å²) in [5.74, 6) is -2.60. The standard InChI is InChI=1S/C23H38N6O9S/c1-15(2)21(34)16(4-3-8-25-22(24)35)28-17(30)14-27-23(39)26-9-11-37-13-12-36-10-7-20(33)38-29-18(31)5-6-19(29)32/h15-16H,3-14H2,1-2H3,(H,28,30)(H3,24,25,35)(H2,26,27,39). The number of ketones is 1. The fourth-order valence-electron chi connectivity index (χ4n) is 3.19. The monoisotopic (exact) mass is 574 g/mol. The lowest BCUT2D eigenvalue weighted by Crippen LogP contribution is -2.48. The Hall–Kier alpha value is -3.37. The number of hydrogen-bond acceptors (Lipinski definition) is 10. The number of rotatable bonds is 19. The molecule has 15 nitrogen and oxygen atoms in total. The lowest BCUT2D eigenvalue weighted by atomic mass is 9.98. The van der Waals surface area contributed by atoms with Crippen molar-refractivity contribution in [3.63, 3.8) is 0 Å². The van der Waals surface area contributed by atoms with E-state index in [1.807, 2.05) is 0 Å². The number of Topliss-reactive ketones (excluding diaryl/α,β-unsaturated/α-hetero) is 1. The van der Waals surface area contributed by atoms with Crippen LogP contribution >= 0.6 is 12.2 Å². The molecule has 1 unspecified atom stereocenters. The van der Waals surface area contributed by atoms with E-state index in [9.17, 15) is 28.8 Å². The van der Waals surface area contributed by atoms with E-state index in [4.69, 9.17) is 32.3 Å². The number of nitrogens with one attached hydrogen (secondary N) is 4. The molecule has 1 fully saturated rings. The molecule has 0 spiro atoms. The second-order valence-corrected chi connectivity index (χ2v) is 9.15. The van der Waals surface area contributed by atoms with Gasteiger partial charge in [0, 0.05) is 31.8 Å². The van der Waals surface area contributed by atoms with Crippen LogP contribution in [0.4, 0.5) is 4.79 Å². The van der Waals surface area contributed by atoms with Crippen molar-refractivity contribution >= 4 is 52.8 Å². The summed E-state index contributed by atoms with van der Waals surface area (Å²) in [7, 11) is 0. The third-order valence-electron chi connectivity index (χ3n) is 5.18. The first-order chi connectivity index (χ1) is 18.5. The Morgan fingerprint density at radius 2 is 1.59 bits per heavy atom. The quantitative estimate of drug-likeness (QED) is 0.0689. The molecule has 0 aromatic heterocycles. The minimum absolute atomic E-state index is 0.0337. The van der Waals surface area contributed by atoms with Gasteiger partial charge in [-0.1, -0.05) is 13.8 Å². The Labute approximate surface area is 232 Å². The SMILES string of the molecule is CC(C)C(=O)C(CCCNC(N)=O)NC(=O)CNC(=S)NCCOCCOCCC(=O)ON1C(=O)CCC1=O. The van der Waals surface area contributed by atoms with E-state index in [-0.39, 0.29) is 62.4 Å². The van der Waals surface area contributed by atoms with Gasteiger partial charge in [-0.2, -0.15) is 0 Å². The second-order valence-electron chi connectivity index (χ2n) is 8.74. The highest BCUT2D eigenvalue weighted by Crippen LogP contribution is 2.12. The number of hydrogen-bond donors (Lipinski definition) is 5. The van der Waals surface area contributed by atoms with Crippen molar-refractivity contribution in [1.29, 1.82) is 0 Å². The van der Waals surface area contributed by atoms with E-state index in [1.165, 1.54) is 0 Å². The summed E-state index contributed by atoms with van der Waals surface area (Å²) in [6, 6.07) is -1.34. The smallest absolute Gasteiger partial charge is 0.335 e. The minimum atomic E-state index is -0.738. The van der Waals surface area contributed by atoms with Crippen LogP contribution in [0.2, 0.25) is 0 Å². The average Bonchev–Trinajstić information content (AvgIpc) is 3.19. The predicted molar refractivity (Wildman–Crippen MR) is 141 cm³/mol. The summed E-state index contributed by atoms with van der Waals surface area (Å²) in [4.78, 5) is 74.6. The van der Waals surface area contributed by atoms with E-state index in [2.05, 4.69) is 21.3 Å². The molecule has 220 valence electrons. The van der Waals surface area contributed by atoms with Crippen molar-refractivity contribution in [2.24, 2.45) is 11.7 Å². The lowest BCUT2D eigenvalue weighted by molar-refractivity contribution is -0.198. The number of urea groups is 1. The van der Waals surface area contributed by atoms with Crippen molar-refractivity contribution in [2.75, 3.05) is 46.1 Å². The highest BCUT2D eigenvalue weighted by molar-refractivity contribution is 7.80.